The van der Waals surface area contributed by atoms with Crippen LogP contribution in [0.3, 0.4) is 0 Å². The van der Waals surface area contributed by atoms with Crippen LogP contribution in [-0.2, 0) is 12.1 Å². The molecule has 3 aromatic rings. The number of hydrogen-bond acceptors (Lipinski definition) is 6. The van der Waals surface area contributed by atoms with Crippen LogP contribution in [0, 0.1) is 13.8 Å². The summed E-state index contributed by atoms with van der Waals surface area (Å²) in [5, 5.41) is 4.09. The van der Waals surface area contributed by atoms with Gasteiger partial charge in [0.1, 0.15) is 12.4 Å². The summed E-state index contributed by atoms with van der Waals surface area (Å²) in [4.78, 5) is 8.64. The van der Waals surface area contributed by atoms with Gasteiger partial charge in [-0.15, -0.1) is 12.4 Å². The van der Waals surface area contributed by atoms with Gasteiger partial charge in [0.2, 0.25) is 0 Å². The Morgan fingerprint density at radius 2 is 1.96 bits per heavy atom. The van der Waals surface area contributed by atoms with E-state index in [-0.39, 0.29) is 12.4 Å². The van der Waals surface area contributed by atoms with Gasteiger partial charge in [-0.3, -0.25) is 4.98 Å². The van der Waals surface area contributed by atoms with Crippen LogP contribution in [-0.4, -0.2) is 15.1 Å². The molecule has 4 rings (SSSR count). The Labute approximate surface area is 164 Å². The molecule has 1 aliphatic rings. The zero-order valence-corrected chi connectivity index (χ0v) is 16.3. The Morgan fingerprint density at radius 3 is 2.56 bits per heavy atom. The molecule has 0 saturated heterocycles. The van der Waals surface area contributed by atoms with Crippen LogP contribution >= 0.6 is 12.4 Å². The largest absolute Gasteiger partial charge is 0.488 e. The van der Waals surface area contributed by atoms with Crippen LogP contribution in [0.4, 0.5) is 0 Å². The van der Waals surface area contributed by atoms with Crippen molar-refractivity contribution in [1.29, 1.82) is 0 Å². The van der Waals surface area contributed by atoms with E-state index in [1.54, 1.807) is 6.20 Å². The summed E-state index contributed by atoms with van der Waals surface area (Å²) in [6.45, 7) is 4.51. The summed E-state index contributed by atoms with van der Waals surface area (Å²) in [5.41, 5.74) is 9.83. The first kappa shape index (κ1) is 19.3. The van der Waals surface area contributed by atoms with E-state index in [0.717, 1.165) is 47.3 Å². The first-order valence-corrected chi connectivity index (χ1v) is 8.81. The highest BCUT2D eigenvalue weighted by atomic mass is 35.5. The normalized spacial score (nSPS) is 14.9. The zero-order valence-electron chi connectivity index (χ0n) is 15.4. The average molecular weight is 387 g/mol. The average Bonchev–Trinajstić information content (AvgIpc) is 3.10. The molecule has 1 fully saturated rings. The van der Waals surface area contributed by atoms with Gasteiger partial charge in [-0.1, -0.05) is 11.2 Å². The zero-order chi connectivity index (χ0) is 18.1. The van der Waals surface area contributed by atoms with E-state index in [2.05, 4.69) is 15.1 Å². The molecule has 0 aliphatic heterocycles. The summed E-state index contributed by atoms with van der Waals surface area (Å²) in [6, 6.07) is 7.91. The molecule has 2 heterocycles. The molecule has 2 aromatic heterocycles. The summed E-state index contributed by atoms with van der Waals surface area (Å²) in [6.07, 6.45) is 6.49. The fourth-order valence-electron chi connectivity index (χ4n) is 3.26. The highest BCUT2D eigenvalue weighted by Gasteiger charge is 2.39. The number of halogens is 1. The van der Waals surface area contributed by atoms with E-state index >= 15 is 0 Å². The Bertz CT molecular complexity index is 900. The predicted octanol–water partition coefficient (Wildman–Crippen LogP) is 4.09. The number of ether oxygens (including phenoxy) is 1. The van der Waals surface area contributed by atoms with Gasteiger partial charge < -0.3 is 15.0 Å². The molecule has 0 atom stereocenters. The van der Waals surface area contributed by atoms with Crippen LogP contribution in [0.2, 0.25) is 0 Å². The van der Waals surface area contributed by atoms with E-state index in [9.17, 15) is 0 Å². The van der Waals surface area contributed by atoms with Crippen molar-refractivity contribution >= 4 is 12.4 Å². The van der Waals surface area contributed by atoms with E-state index in [4.69, 9.17) is 15.0 Å². The number of pyridine rings is 1. The molecular weight excluding hydrogens is 364 g/mol. The number of nitrogens with two attached hydrogens (primary N) is 1. The summed E-state index contributed by atoms with van der Waals surface area (Å²) >= 11 is 0. The van der Waals surface area contributed by atoms with Crippen molar-refractivity contribution in [3.05, 3.63) is 59.2 Å². The maximum Gasteiger partial charge on any atom is 0.258 e. The molecule has 1 aliphatic carbocycles. The van der Waals surface area contributed by atoms with Crippen molar-refractivity contribution in [2.45, 2.75) is 45.3 Å². The third-order valence-electron chi connectivity index (χ3n) is 4.93. The first-order valence-electron chi connectivity index (χ1n) is 8.81. The Morgan fingerprint density at radius 1 is 1.22 bits per heavy atom. The van der Waals surface area contributed by atoms with Crippen LogP contribution in [0.1, 0.15) is 41.8 Å². The van der Waals surface area contributed by atoms with Crippen LogP contribution < -0.4 is 10.5 Å². The van der Waals surface area contributed by atoms with Gasteiger partial charge in [-0.05, 0) is 62.4 Å². The third-order valence-corrected chi connectivity index (χ3v) is 4.93. The minimum Gasteiger partial charge on any atom is -0.488 e. The summed E-state index contributed by atoms with van der Waals surface area (Å²) in [5.74, 6) is 1.97. The smallest absolute Gasteiger partial charge is 0.258 e. The maximum absolute atomic E-state index is 6.28. The lowest BCUT2D eigenvalue weighted by molar-refractivity contribution is 0.229. The number of hydrogen-bond donors (Lipinski definition) is 1. The number of rotatable bonds is 5. The van der Waals surface area contributed by atoms with Gasteiger partial charge in [-0.2, -0.15) is 4.98 Å². The van der Waals surface area contributed by atoms with Crippen LogP contribution in [0.25, 0.3) is 11.5 Å². The second-order valence-corrected chi connectivity index (χ2v) is 7.02. The number of aryl methyl sites for hydroxylation is 2. The van der Waals surface area contributed by atoms with Crippen LogP contribution in [0.15, 0.2) is 41.2 Å². The second-order valence-electron chi connectivity index (χ2n) is 7.02. The molecule has 6 nitrogen and oxygen atoms in total. The van der Waals surface area contributed by atoms with Gasteiger partial charge in [0, 0.05) is 23.5 Å². The molecule has 7 heteroatoms. The van der Waals surface area contributed by atoms with E-state index in [1.807, 2.05) is 44.3 Å². The van der Waals surface area contributed by atoms with E-state index in [0.29, 0.717) is 18.3 Å². The molecule has 2 N–H and O–H groups in total. The molecule has 27 heavy (non-hydrogen) atoms. The molecular formula is C20H23ClN4O2. The summed E-state index contributed by atoms with van der Waals surface area (Å²) in [7, 11) is 0. The third kappa shape index (κ3) is 3.82. The molecule has 0 amide bonds. The van der Waals surface area contributed by atoms with Gasteiger partial charge >= 0.3 is 0 Å². The van der Waals surface area contributed by atoms with Gasteiger partial charge in [0.25, 0.3) is 5.89 Å². The van der Waals surface area contributed by atoms with Crippen molar-refractivity contribution in [3.8, 4) is 17.2 Å². The quantitative estimate of drug-likeness (QED) is 0.710. The lowest BCUT2D eigenvalue weighted by atomic mass is 9.77. The highest BCUT2D eigenvalue weighted by Crippen LogP contribution is 2.38. The van der Waals surface area contributed by atoms with Crippen molar-refractivity contribution in [3.63, 3.8) is 0 Å². The number of benzene rings is 1. The number of nitrogens with zero attached hydrogens (tertiary/aromatic N) is 3. The van der Waals surface area contributed by atoms with E-state index in [1.165, 1.54) is 0 Å². The second kappa shape index (κ2) is 7.66. The molecule has 0 radical (unpaired) electrons. The molecule has 0 unspecified atom stereocenters. The lowest BCUT2D eigenvalue weighted by Gasteiger charge is -2.34. The Hall–Kier alpha value is -2.44. The minimum absolute atomic E-state index is 0. The standard InChI is InChI=1S/C20H22N4O2.ClH/c1-13-9-16(18-23-19(24-26-18)20(21)6-4-7-20)10-14(2)17(13)25-12-15-5-3-8-22-11-15;/h3,5,8-11H,4,6-7,12,21H2,1-2H3;1H. The van der Waals surface area contributed by atoms with Crippen molar-refractivity contribution in [2.24, 2.45) is 5.73 Å². The SMILES string of the molecule is Cc1cc(-c2nc(C3(N)CCC3)no2)cc(C)c1OCc1cccnc1.Cl. The van der Waals surface area contributed by atoms with Crippen molar-refractivity contribution in [1.82, 2.24) is 15.1 Å². The Kier molecular flexibility index (Phi) is 5.48. The maximum atomic E-state index is 6.28. The Balaban J connectivity index is 0.00000210. The molecule has 142 valence electrons. The minimum atomic E-state index is -0.418. The molecule has 0 spiro atoms. The van der Waals surface area contributed by atoms with E-state index < -0.39 is 5.54 Å². The monoisotopic (exact) mass is 386 g/mol. The molecule has 1 saturated carbocycles. The lowest BCUT2D eigenvalue weighted by Crippen LogP contribution is -2.44. The fraction of sp³-hybridized carbons (Fsp3) is 0.350. The van der Waals surface area contributed by atoms with Crippen molar-refractivity contribution in [2.75, 3.05) is 0 Å². The van der Waals surface area contributed by atoms with Crippen molar-refractivity contribution < 1.29 is 9.26 Å². The number of aromatic nitrogens is 3. The first-order chi connectivity index (χ1) is 12.5. The molecule has 1 aromatic carbocycles. The van der Waals surface area contributed by atoms with Gasteiger partial charge in [0.15, 0.2) is 5.82 Å². The molecule has 0 bridgehead atoms. The topological polar surface area (TPSA) is 87.1 Å². The highest BCUT2D eigenvalue weighted by molar-refractivity contribution is 5.85. The fourth-order valence-corrected chi connectivity index (χ4v) is 3.26. The predicted molar refractivity (Wildman–Crippen MR) is 105 cm³/mol. The summed E-state index contributed by atoms with van der Waals surface area (Å²) < 4.78 is 11.5. The van der Waals surface area contributed by atoms with Gasteiger partial charge in [0.05, 0.1) is 5.54 Å². The van der Waals surface area contributed by atoms with Gasteiger partial charge in [-0.25, -0.2) is 0 Å². The van der Waals surface area contributed by atoms with Crippen LogP contribution in [0.5, 0.6) is 5.75 Å².